The van der Waals surface area contributed by atoms with Gasteiger partial charge in [-0.2, -0.15) is 0 Å². The number of hydrogen-bond acceptors (Lipinski definition) is 2. The minimum Gasteiger partial charge on any atom is -0.343 e. The Bertz CT molecular complexity index is 907. The average Bonchev–Trinajstić information content (AvgIpc) is 3.04. The first-order chi connectivity index (χ1) is 13.8. The lowest BCUT2D eigenvalue weighted by molar-refractivity contribution is 0.422. The van der Waals surface area contributed by atoms with Crippen LogP contribution in [0.15, 0.2) is 42.6 Å². The van der Waals surface area contributed by atoms with E-state index >= 15 is 0 Å². The molecule has 1 atom stereocenters. The maximum atomic E-state index is 4.46. The van der Waals surface area contributed by atoms with Gasteiger partial charge >= 0.3 is 0 Å². The first-order valence-corrected chi connectivity index (χ1v) is 11.0. The molecule has 0 saturated carbocycles. The number of unbranched alkanes of at least 4 members (excludes halogenated alkanes) is 3. The van der Waals surface area contributed by atoms with Crippen LogP contribution in [0.2, 0.25) is 0 Å². The number of aryl methyl sites for hydroxylation is 3. The van der Waals surface area contributed by atoms with E-state index in [2.05, 4.69) is 58.2 Å². The van der Waals surface area contributed by atoms with Gasteiger partial charge in [0.1, 0.15) is 0 Å². The highest BCUT2D eigenvalue weighted by Gasteiger charge is 2.24. The van der Waals surface area contributed by atoms with E-state index in [-0.39, 0.29) is 0 Å². The number of hydrogen-bond donors (Lipinski definition) is 1. The number of fused-ring (bicyclic) bond motifs is 3. The molecule has 3 heterocycles. The molecule has 0 radical (unpaired) electrons. The van der Waals surface area contributed by atoms with Crippen LogP contribution < -0.4 is 5.32 Å². The third-order valence-corrected chi connectivity index (χ3v) is 6.21. The standard InChI is InChI=1S/C25H33N3/c1-3-4-5-6-9-21-16-23-22-10-7-8-11-24(22)28(25(23)18-27-21)15-14-20-13-12-19(2)26-17-20/h7-8,10-13,17,21,27H,3-6,9,14-16,18H2,1-2H3. The molecule has 1 aromatic carbocycles. The quantitative estimate of drug-likeness (QED) is 0.522. The van der Waals surface area contributed by atoms with Crippen LogP contribution in [0.5, 0.6) is 0 Å². The maximum Gasteiger partial charge on any atom is 0.0485 e. The Hall–Kier alpha value is -2.13. The van der Waals surface area contributed by atoms with Gasteiger partial charge in [-0.15, -0.1) is 0 Å². The summed E-state index contributed by atoms with van der Waals surface area (Å²) in [6, 6.07) is 13.9. The molecule has 1 N–H and O–H groups in total. The largest absolute Gasteiger partial charge is 0.343 e. The topological polar surface area (TPSA) is 29.9 Å². The van der Waals surface area contributed by atoms with Crippen molar-refractivity contribution in [1.82, 2.24) is 14.9 Å². The van der Waals surface area contributed by atoms with E-state index in [1.165, 1.54) is 60.7 Å². The molecule has 1 aliphatic rings. The number of aromatic nitrogens is 2. The average molecular weight is 376 g/mol. The van der Waals surface area contributed by atoms with Crippen molar-refractivity contribution in [3.63, 3.8) is 0 Å². The van der Waals surface area contributed by atoms with Gasteiger partial charge < -0.3 is 9.88 Å². The SMILES string of the molecule is CCCCCCC1Cc2c(n(CCc3ccc(C)nc3)c3ccccc23)CN1. The summed E-state index contributed by atoms with van der Waals surface area (Å²) in [5.74, 6) is 0. The summed E-state index contributed by atoms with van der Waals surface area (Å²) < 4.78 is 2.55. The third kappa shape index (κ3) is 4.15. The second kappa shape index (κ2) is 8.91. The Morgan fingerprint density at radius 2 is 2.00 bits per heavy atom. The highest BCUT2D eigenvalue weighted by atomic mass is 15.0. The first-order valence-electron chi connectivity index (χ1n) is 11.0. The fourth-order valence-electron chi connectivity index (χ4n) is 4.58. The summed E-state index contributed by atoms with van der Waals surface area (Å²) in [5, 5.41) is 5.28. The number of nitrogens with zero attached hydrogens (tertiary/aromatic N) is 2. The van der Waals surface area contributed by atoms with Gasteiger partial charge in [0, 0.05) is 47.6 Å². The lowest BCUT2D eigenvalue weighted by Crippen LogP contribution is -2.36. The van der Waals surface area contributed by atoms with Crippen LogP contribution in [0.3, 0.4) is 0 Å². The molecule has 0 aliphatic carbocycles. The molecule has 4 rings (SSSR count). The molecule has 3 heteroatoms. The van der Waals surface area contributed by atoms with Gasteiger partial charge in [-0.1, -0.05) is 56.9 Å². The van der Waals surface area contributed by atoms with Crippen molar-refractivity contribution < 1.29 is 0 Å². The van der Waals surface area contributed by atoms with E-state index in [0.29, 0.717) is 6.04 Å². The fraction of sp³-hybridized carbons (Fsp3) is 0.480. The van der Waals surface area contributed by atoms with Crippen molar-refractivity contribution in [2.24, 2.45) is 0 Å². The van der Waals surface area contributed by atoms with Crippen molar-refractivity contribution in [1.29, 1.82) is 0 Å². The molecule has 0 amide bonds. The zero-order chi connectivity index (χ0) is 19.3. The van der Waals surface area contributed by atoms with E-state index < -0.39 is 0 Å². The van der Waals surface area contributed by atoms with Crippen molar-refractivity contribution in [3.05, 3.63) is 65.1 Å². The summed E-state index contributed by atoms with van der Waals surface area (Å²) in [7, 11) is 0. The number of benzene rings is 1. The van der Waals surface area contributed by atoms with Gasteiger partial charge in [-0.25, -0.2) is 0 Å². The van der Waals surface area contributed by atoms with Gasteiger partial charge in [0.2, 0.25) is 0 Å². The summed E-state index contributed by atoms with van der Waals surface area (Å²) in [4.78, 5) is 4.46. The highest BCUT2D eigenvalue weighted by molar-refractivity contribution is 5.86. The summed E-state index contributed by atoms with van der Waals surface area (Å²) in [5.41, 5.74) is 6.86. The van der Waals surface area contributed by atoms with Crippen LogP contribution in [0.1, 0.15) is 61.5 Å². The van der Waals surface area contributed by atoms with Gasteiger partial charge in [0.15, 0.2) is 0 Å². The van der Waals surface area contributed by atoms with Crippen molar-refractivity contribution >= 4 is 10.9 Å². The molecule has 1 aliphatic heterocycles. The molecule has 0 saturated heterocycles. The minimum absolute atomic E-state index is 0.630. The molecule has 0 bridgehead atoms. The van der Waals surface area contributed by atoms with E-state index in [1.54, 1.807) is 5.56 Å². The second-order valence-electron chi connectivity index (χ2n) is 8.28. The second-order valence-corrected chi connectivity index (χ2v) is 8.28. The molecule has 1 unspecified atom stereocenters. The zero-order valence-electron chi connectivity index (χ0n) is 17.4. The number of pyridine rings is 1. The van der Waals surface area contributed by atoms with Crippen LogP contribution in [-0.4, -0.2) is 15.6 Å². The monoisotopic (exact) mass is 375 g/mol. The van der Waals surface area contributed by atoms with Crippen LogP contribution in [-0.2, 0) is 25.9 Å². The first kappa shape index (κ1) is 19.2. The zero-order valence-corrected chi connectivity index (χ0v) is 17.4. The fourth-order valence-corrected chi connectivity index (χ4v) is 4.58. The molecule has 148 valence electrons. The van der Waals surface area contributed by atoms with Crippen molar-refractivity contribution in [2.45, 2.75) is 77.9 Å². The van der Waals surface area contributed by atoms with Gasteiger partial charge in [0.05, 0.1) is 0 Å². The van der Waals surface area contributed by atoms with Gasteiger partial charge in [0.25, 0.3) is 0 Å². The Balaban J connectivity index is 1.53. The summed E-state index contributed by atoms with van der Waals surface area (Å²) in [6.07, 6.45) is 10.9. The number of nitrogens with one attached hydrogen (secondary N) is 1. The Morgan fingerprint density at radius 3 is 2.82 bits per heavy atom. The molecular weight excluding hydrogens is 342 g/mol. The van der Waals surface area contributed by atoms with Crippen molar-refractivity contribution in [2.75, 3.05) is 0 Å². The van der Waals surface area contributed by atoms with Crippen LogP contribution in [0.4, 0.5) is 0 Å². The van der Waals surface area contributed by atoms with Crippen molar-refractivity contribution in [3.8, 4) is 0 Å². The van der Waals surface area contributed by atoms with Crippen LogP contribution in [0, 0.1) is 6.92 Å². The Labute approximate surface area is 169 Å². The Morgan fingerprint density at radius 1 is 1.11 bits per heavy atom. The molecule has 2 aromatic heterocycles. The minimum atomic E-state index is 0.630. The predicted molar refractivity (Wildman–Crippen MR) is 118 cm³/mol. The lowest BCUT2D eigenvalue weighted by atomic mass is 9.94. The normalized spacial score (nSPS) is 16.4. The molecule has 28 heavy (non-hydrogen) atoms. The van der Waals surface area contributed by atoms with Crippen LogP contribution >= 0.6 is 0 Å². The smallest absolute Gasteiger partial charge is 0.0485 e. The molecule has 3 nitrogen and oxygen atoms in total. The number of rotatable bonds is 8. The number of para-hydroxylation sites is 1. The molecular formula is C25H33N3. The van der Waals surface area contributed by atoms with Crippen LogP contribution in [0.25, 0.3) is 10.9 Å². The summed E-state index contributed by atoms with van der Waals surface area (Å²) in [6.45, 7) is 6.34. The Kier molecular flexibility index (Phi) is 6.11. The predicted octanol–water partition coefficient (Wildman–Crippen LogP) is 5.57. The highest BCUT2D eigenvalue weighted by Crippen LogP contribution is 2.31. The molecule has 0 spiro atoms. The third-order valence-electron chi connectivity index (χ3n) is 6.21. The van der Waals surface area contributed by atoms with E-state index in [1.807, 2.05) is 13.1 Å². The molecule has 0 fully saturated rings. The lowest BCUT2D eigenvalue weighted by Gasteiger charge is -2.26. The summed E-state index contributed by atoms with van der Waals surface area (Å²) >= 11 is 0. The van der Waals surface area contributed by atoms with Gasteiger partial charge in [-0.3, -0.25) is 4.98 Å². The van der Waals surface area contributed by atoms with E-state index in [4.69, 9.17) is 0 Å². The maximum absolute atomic E-state index is 4.46. The molecule has 3 aromatic rings. The van der Waals surface area contributed by atoms with E-state index in [0.717, 1.165) is 25.2 Å². The van der Waals surface area contributed by atoms with Gasteiger partial charge in [-0.05, 0) is 49.4 Å². The van der Waals surface area contributed by atoms with E-state index in [9.17, 15) is 0 Å².